The van der Waals surface area contributed by atoms with Gasteiger partial charge in [-0.25, -0.2) is 0 Å². The number of hydrogen-bond acceptors (Lipinski definition) is 1. The van der Waals surface area contributed by atoms with Crippen molar-refractivity contribution in [2.75, 3.05) is 0 Å². The highest BCUT2D eigenvalue weighted by molar-refractivity contribution is 9.09. The molecule has 4 heteroatoms. The number of aryl methyl sites for hydroxylation is 1. The molecule has 2 nitrogen and oxygen atoms in total. The highest BCUT2D eigenvalue weighted by atomic mass is 79.9. The second kappa shape index (κ2) is 4.11. The van der Waals surface area contributed by atoms with Crippen LogP contribution in [0.4, 0.5) is 0 Å². The van der Waals surface area contributed by atoms with E-state index in [1.807, 2.05) is 6.92 Å². The summed E-state index contributed by atoms with van der Waals surface area (Å²) in [5.41, 5.74) is 1.61. The summed E-state index contributed by atoms with van der Waals surface area (Å²) in [4.78, 5) is 9.99. The Hall–Kier alpha value is -0.540. The normalized spacial score (nSPS) is 12.5. The summed E-state index contributed by atoms with van der Waals surface area (Å²) >= 11 is 8.82. The number of aliphatic carboxylic acids is 1. The van der Waals surface area contributed by atoms with Crippen LogP contribution in [0.3, 0.4) is 0 Å². The number of benzene rings is 1. The average molecular weight is 264 g/mol. The third kappa shape index (κ3) is 2.45. The minimum Gasteiger partial charge on any atom is -0.480 e. The van der Waals surface area contributed by atoms with Crippen LogP contribution < -0.4 is 0 Å². The molecular formula is C9H8BrClO2. The lowest BCUT2D eigenvalue weighted by Gasteiger charge is -2.08. The number of carboxylic acids is 1. The van der Waals surface area contributed by atoms with Crippen molar-refractivity contribution in [3.05, 3.63) is 34.3 Å². The quantitative estimate of drug-likeness (QED) is 0.832. The number of hydrogen-bond donors (Lipinski definition) is 1. The maximum Gasteiger partial charge on any atom is 0.321 e. The van der Waals surface area contributed by atoms with E-state index >= 15 is 0 Å². The van der Waals surface area contributed by atoms with Gasteiger partial charge in [0.25, 0.3) is 0 Å². The first-order valence-corrected chi connectivity index (χ1v) is 4.94. The molecule has 0 aliphatic heterocycles. The first-order chi connectivity index (χ1) is 6.02. The molecule has 0 aliphatic rings. The van der Waals surface area contributed by atoms with Crippen LogP contribution in [0.25, 0.3) is 0 Å². The van der Waals surface area contributed by atoms with Crippen molar-refractivity contribution in [2.45, 2.75) is 11.8 Å². The van der Waals surface area contributed by atoms with Gasteiger partial charge < -0.3 is 5.11 Å². The summed E-state index contributed by atoms with van der Waals surface area (Å²) in [5.74, 6) is -0.898. The van der Waals surface area contributed by atoms with E-state index in [-0.39, 0.29) is 0 Å². The second-order valence-corrected chi connectivity index (χ2v) is 4.05. The molecule has 0 aliphatic carbocycles. The molecule has 0 spiro atoms. The number of rotatable bonds is 2. The van der Waals surface area contributed by atoms with Crippen molar-refractivity contribution in [1.82, 2.24) is 0 Å². The summed E-state index contributed by atoms with van der Waals surface area (Å²) in [6.45, 7) is 1.83. The molecule has 0 saturated heterocycles. The largest absolute Gasteiger partial charge is 0.480 e. The number of halogens is 2. The molecule has 1 rings (SSSR count). The molecule has 0 fully saturated rings. The molecular weight excluding hydrogens is 255 g/mol. The van der Waals surface area contributed by atoms with Crippen molar-refractivity contribution in [3.63, 3.8) is 0 Å². The standard InChI is InChI=1S/C9H8BrClO2/c1-5-4-6(11)2-3-7(5)8(10)9(12)13/h2-4,8H,1H3,(H,12,13). The lowest BCUT2D eigenvalue weighted by molar-refractivity contribution is -0.136. The van der Waals surface area contributed by atoms with Crippen LogP contribution in [0.15, 0.2) is 18.2 Å². The predicted molar refractivity (Wildman–Crippen MR) is 55.5 cm³/mol. The van der Waals surface area contributed by atoms with E-state index in [0.717, 1.165) is 11.1 Å². The summed E-state index contributed by atoms with van der Waals surface area (Å²) < 4.78 is 0. The monoisotopic (exact) mass is 262 g/mol. The van der Waals surface area contributed by atoms with Gasteiger partial charge in [-0.05, 0) is 30.2 Å². The topological polar surface area (TPSA) is 37.3 Å². The lowest BCUT2D eigenvalue weighted by Crippen LogP contribution is -2.05. The van der Waals surface area contributed by atoms with E-state index in [4.69, 9.17) is 16.7 Å². The predicted octanol–water partition coefficient (Wildman–Crippen LogP) is 3.17. The van der Waals surface area contributed by atoms with Gasteiger partial charge in [0.1, 0.15) is 4.83 Å². The van der Waals surface area contributed by atoms with Gasteiger partial charge in [0.2, 0.25) is 0 Å². The Bertz CT molecular complexity index is 338. The zero-order chi connectivity index (χ0) is 10.0. The molecule has 1 unspecified atom stereocenters. The summed E-state index contributed by atoms with van der Waals surface area (Å²) in [6.07, 6.45) is 0. The second-order valence-electron chi connectivity index (χ2n) is 2.70. The maximum atomic E-state index is 10.7. The smallest absolute Gasteiger partial charge is 0.321 e. The van der Waals surface area contributed by atoms with Gasteiger partial charge in [-0.1, -0.05) is 33.6 Å². The molecule has 1 aromatic carbocycles. The molecule has 1 aromatic rings. The molecule has 0 heterocycles. The Labute approximate surface area is 89.7 Å². The van der Waals surface area contributed by atoms with Crippen LogP contribution in [0.5, 0.6) is 0 Å². The van der Waals surface area contributed by atoms with Crippen LogP contribution in [-0.4, -0.2) is 11.1 Å². The van der Waals surface area contributed by atoms with Gasteiger partial charge in [-0.3, -0.25) is 4.79 Å². The van der Waals surface area contributed by atoms with Gasteiger partial charge in [0, 0.05) is 5.02 Å². The Morgan fingerprint density at radius 1 is 1.62 bits per heavy atom. The molecule has 0 saturated carbocycles. The third-order valence-electron chi connectivity index (χ3n) is 1.72. The van der Waals surface area contributed by atoms with Gasteiger partial charge in [0.15, 0.2) is 0 Å². The highest BCUT2D eigenvalue weighted by Crippen LogP contribution is 2.27. The van der Waals surface area contributed by atoms with Gasteiger partial charge in [-0.2, -0.15) is 0 Å². The zero-order valence-electron chi connectivity index (χ0n) is 6.92. The molecule has 13 heavy (non-hydrogen) atoms. The number of carboxylic acid groups (broad SMARTS) is 1. The van der Waals surface area contributed by atoms with Crippen LogP contribution >= 0.6 is 27.5 Å². The Balaban J connectivity index is 3.08. The number of alkyl halides is 1. The van der Waals surface area contributed by atoms with E-state index in [0.29, 0.717) is 5.02 Å². The molecule has 1 N–H and O–H groups in total. The van der Waals surface area contributed by atoms with Crippen LogP contribution in [0, 0.1) is 6.92 Å². The van der Waals surface area contributed by atoms with Gasteiger partial charge in [-0.15, -0.1) is 0 Å². The molecule has 0 radical (unpaired) electrons. The fraction of sp³-hybridized carbons (Fsp3) is 0.222. The Kier molecular flexibility index (Phi) is 3.33. The number of carbonyl (C=O) groups is 1. The third-order valence-corrected chi connectivity index (χ3v) is 2.84. The summed E-state index contributed by atoms with van der Waals surface area (Å²) in [6, 6.07) is 5.14. The van der Waals surface area contributed by atoms with E-state index in [2.05, 4.69) is 15.9 Å². The fourth-order valence-electron chi connectivity index (χ4n) is 1.06. The molecule has 0 amide bonds. The van der Waals surface area contributed by atoms with Crippen molar-refractivity contribution < 1.29 is 9.90 Å². The first kappa shape index (κ1) is 10.5. The summed E-state index contributed by atoms with van der Waals surface area (Å²) in [7, 11) is 0. The average Bonchev–Trinajstić information content (AvgIpc) is 2.03. The van der Waals surface area contributed by atoms with Crippen molar-refractivity contribution in [2.24, 2.45) is 0 Å². The SMILES string of the molecule is Cc1cc(Cl)ccc1C(Br)C(=O)O. The van der Waals surface area contributed by atoms with Gasteiger partial charge in [0.05, 0.1) is 0 Å². The molecule has 0 aromatic heterocycles. The summed E-state index contributed by atoms with van der Waals surface area (Å²) in [5, 5.41) is 9.37. The fourth-order valence-corrected chi connectivity index (χ4v) is 1.80. The Morgan fingerprint density at radius 3 is 2.69 bits per heavy atom. The van der Waals surface area contributed by atoms with Crippen molar-refractivity contribution >= 4 is 33.5 Å². The van der Waals surface area contributed by atoms with Crippen molar-refractivity contribution in [3.8, 4) is 0 Å². The van der Waals surface area contributed by atoms with E-state index in [9.17, 15) is 4.79 Å². The highest BCUT2D eigenvalue weighted by Gasteiger charge is 2.17. The lowest BCUT2D eigenvalue weighted by atomic mass is 10.1. The minimum absolute atomic E-state index is 0.617. The molecule has 1 atom stereocenters. The van der Waals surface area contributed by atoms with Crippen LogP contribution in [-0.2, 0) is 4.79 Å². The maximum absolute atomic E-state index is 10.7. The van der Waals surface area contributed by atoms with Gasteiger partial charge >= 0.3 is 5.97 Å². The molecule has 0 bridgehead atoms. The first-order valence-electron chi connectivity index (χ1n) is 3.65. The zero-order valence-corrected chi connectivity index (χ0v) is 9.26. The molecule has 70 valence electrons. The minimum atomic E-state index is -0.898. The van der Waals surface area contributed by atoms with Crippen LogP contribution in [0.2, 0.25) is 5.02 Å². The van der Waals surface area contributed by atoms with E-state index < -0.39 is 10.8 Å². The van der Waals surface area contributed by atoms with Crippen LogP contribution in [0.1, 0.15) is 16.0 Å². The van der Waals surface area contributed by atoms with E-state index in [1.165, 1.54) is 0 Å². The Morgan fingerprint density at radius 2 is 2.23 bits per heavy atom. The van der Waals surface area contributed by atoms with E-state index in [1.54, 1.807) is 18.2 Å². The van der Waals surface area contributed by atoms with Crippen molar-refractivity contribution in [1.29, 1.82) is 0 Å².